The van der Waals surface area contributed by atoms with Crippen LogP contribution >= 0.6 is 0 Å². The molecule has 0 aromatic rings. The Morgan fingerprint density at radius 1 is 1.40 bits per heavy atom. The Kier molecular flexibility index (Phi) is 2.16. The standard InChI is InChI=1S/C12H18O3/c1-2-13-11-6-4-3-5-10(11)9-12(11)14-7-8-15-12/h3,5,10H,2,4,6-9H2,1H3. The fourth-order valence-corrected chi connectivity index (χ4v) is 3.30. The van der Waals surface area contributed by atoms with E-state index in [4.69, 9.17) is 14.2 Å². The van der Waals surface area contributed by atoms with Crippen molar-refractivity contribution in [3.63, 3.8) is 0 Å². The quantitative estimate of drug-likeness (QED) is 0.651. The van der Waals surface area contributed by atoms with Crippen LogP contribution in [0.15, 0.2) is 12.2 Å². The molecule has 0 radical (unpaired) electrons. The summed E-state index contributed by atoms with van der Waals surface area (Å²) in [4.78, 5) is 0. The van der Waals surface area contributed by atoms with E-state index in [0.717, 1.165) is 25.9 Å². The monoisotopic (exact) mass is 210 g/mol. The minimum Gasteiger partial charge on any atom is -0.369 e. The molecule has 0 aromatic heterocycles. The molecule has 1 spiro atoms. The van der Waals surface area contributed by atoms with E-state index in [9.17, 15) is 0 Å². The van der Waals surface area contributed by atoms with Gasteiger partial charge in [0.1, 0.15) is 5.60 Å². The normalized spacial score (nSPS) is 41.5. The lowest BCUT2D eigenvalue weighted by Crippen LogP contribution is -2.71. The molecular weight excluding hydrogens is 192 g/mol. The van der Waals surface area contributed by atoms with Gasteiger partial charge in [-0.2, -0.15) is 0 Å². The number of hydrogen-bond acceptors (Lipinski definition) is 3. The molecule has 0 aromatic carbocycles. The maximum Gasteiger partial charge on any atom is 0.199 e. The van der Waals surface area contributed by atoms with Crippen LogP contribution in [0.5, 0.6) is 0 Å². The van der Waals surface area contributed by atoms with Gasteiger partial charge >= 0.3 is 0 Å². The molecule has 15 heavy (non-hydrogen) atoms. The summed E-state index contributed by atoms with van der Waals surface area (Å²) in [5.41, 5.74) is -0.188. The van der Waals surface area contributed by atoms with Gasteiger partial charge in [-0.05, 0) is 19.8 Å². The molecule has 3 rings (SSSR count). The molecule has 3 aliphatic rings. The highest BCUT2D eigenvalue weighted by Gasteiger charge is 2.69. The lowest BCUT2D eigenvalue weighted by Gasteiger charge is -2.60. The molecule has 0 bridgehead atoms. The zero-order chi connectivity index (χ0) is 10.4. The van der Waals surface area contributed by atoms with Crippen LogP contribution in [-0.4, -0.2) is 31.2 Å². The SMILES string of the molecule is CCOC12CCC=CC1CC21OCCO1. The predicted molar refractivity (Wildman–Crippen MR) is 55.5 cm³/mol. The molecule has 2 unspecified atom stereocenters. The van der Waals surface area contributed by atoms with E-state index < -0.39 is 5.79 Å². The molecule has 0 N–H and O–H groups in total. The molecule has 3 heteroatoms. The van der Waals surface area contributed by atoms with Crippen molar-refractivity contribution < 1.29 is 14.2 Å². The molecule has 1 heterocycles. The molecule has 0 amide bonds. The fraction of sp³-hybridized carbons (Fsp3) is 0.833. The topological polar surface area (TPSA) is 27.7 Å². The van der Waals surface area contributed by atoms with E-state index >= 15 is 0 Å². The van der Waals surface area contributed by atoms with Crippen LogP contribution in [0.25, 0.3) is 0 Å². The van der Waals surface area contributed by atoms with E-state index in [0.29, 0.717) is 19.1 Å². The lowest BCUT2D eigenvalue weighted by molar-refractivity contribution is -0.362. The molecule has 2 aliphatic carbocycles. The number of allylic oxidation sites excluding steroid dienone is 1. The first-order valence-corrected chi connectivity index (χ1v) is 5.91. The average Bonchev–Trinajstić information content (AvgIpc) is 2.72. The van der Waals surface area contributed by atoms with Gasteiger partial charge in [0.05, 0.1) is 13.2 Å². The number of ether oxygens (including phenoxy) is 3. The third kappa shape index (κ3) is 1.11. The van der Waals surface area contributed by atoms with Gasteiger partial charge in [-0.25, -0.2) is 0 Å². The van der Waals surface area contributed by atoms with Crippen LogP contribution in [0, 0.1) is 5.92 Å². The van der Waals surface area contributed by atoms with Crippen molar-refractivity contribution in [3.8, 4) is 0 Å². The Balaban J connectivity index is 1.90. The van der Waals surface area contributed by atoms with E-state index in [1.165, 1.54) is 0 Å². The largest absolute Gasteiger partial charge is 0.369 e. The number of hydrogen-bond donors (Lipinski definition) is 0. The molecule has 1 aliphatic heterocycles. The van der Waals surface area contributed by atoms with Crippen molar-refractivity contribution in [2.75, 3.05) is 19.8 Å². The third-order valence-electron chi connectivity index (χ3n) is 3.94. The zero-order valence-corrected chi connectivity index (χ0v) is 9.20. The van der Waals surface area contributed by atoms with Crippen molar-refractivity contribution in [2.24, 2.45) is 5.92 Å². The second-order valence-corrected chi connectivity index (χ2v) is 4.55. The summed E-state index contributed by atoms with van der Waals surface area (Å²) in [7, 11) is 0. The van der Waals surface area contributed by atoms with Gasteiger partial charge < -0.3 is 14.2 Å². The smallest absolute Gasteiger partial charge is 0.199 e. The number of rotatable bonds is 2. The second-order valence-electron chi connectivity index (χ2n) is 4.55. The Hall–Kier alpha value is -0.380. The summed E-state index contributed by atoms with van der Waals surface area (Å²) in [5, 5.41) is 0. The molecule has 2 atom stereocenters. The molecular formula is C12H18O3. The van der Waals surface area contributed by atoms with Crippen LogP contribution in [0.3, 0.4) is 0 Å². The van der Waals surface area contributed by atoms with Crippen molar-refractivity contribution in [3.05, 3.63) is 12.2 Å². The zero-order valence-electron chi connectivity index (χ0n) is 9.20. The summed E-state index contributed by atoms with van der Waals surface area (Å²) in [6, 6.07) is 0. The highest BCUT2D eigenvalue weighted by Crippen LogP contribution is 2.59. The maximum atomic E-state index is 6.01. The first-order chi connectivity index (χ1) is 7.33. The minimum atomic E-state index is -0.418. The summed E-state index contributed by atoms with van der Waals surface area (Å²) in [5.74, 6) is 0.0719. The first kappa shape index (κ1) is 9.82. The van der Waals surface area contributed by atoms with Crippen molar-refractivity contribution in [1.82, 2.24) is 0 Å². The van der Waals surface area contributed by atoms with Crippen LogP contribution < -0.4 is 0 Å². The third-order valence-corrected chi connectivity index (χ3v) is 3.94. The first-order valence-electron chi connectivity index (χ1n) is 5.91. The fourth-order valence-electron chi connectivity index (χ4n) is 3.30. The van der Waals surface area contributed by atoms with E-state index in [1.807, 2.05) is 6.92 Å². The van der Waals surface area contributed by atoms with E-state index in [2.05, 4.69) is 12.2 Å². The van der Waals surface area contributed by atoms with E-state index in [-0.39, 0.29) is 5.60 Å². The van der Waals surface area contributed by atoms with Crippen molar-refractivity contribution in [1.29, 1.82) is 0 Å². The number of fused-ring (bicyclic) bond motifs is 2. The highest BCUT2D eigenvalue weighted by molar-refractivity contribution is 5.22. The lowest BCUT2D eigenvalue weighted by atomic mass is 9.59. The van der Waals surface area contributed by atoms with Gasteiger partial charge in [0.25, 0.3) is 0 Å². The second kappa shape index (κ2) is 3.30. The van der Waals surface area contributed by atoms with Crippen LogP contribution in [0.2, 0.25) is 0 Å². The van der Waals surface area contributed by atoms with Crippen molar-refractivity contribution in [2.45, 2.75) is 37.6 Å². The average molecular weight is 210 g/mol. The van der Waals surface area contributed by atoms with Crippen LogP contribution in [0.1, 0.15) is 26.2 Å². The van der Waals surface area contributed by atoms with Gasteiger partial charge in [0, 0.05) is 18.9 Å². The molecule has 1 saturated heterocycles. The van der Waals surface area contributed by atoms with Gasteiger partial charge in [-0.15, -0.1) is 0 Å². The Bertz CT molecular complexity index is 281. The summed E-state index contributed by atoms with van der Waals surface area (Å²) >= 11 is 0. The van der Waals surface area contributed by atoms with Gasteiger partial charge in [0.2, 0.25) is 0 Å². The summed E-state index contributed by atoms with van der Waals surface area (Å²) in [6.45, 7) is 4.21. The predicted octanol–water partition coefficient (Wildman–Crippen LogP) is 1.87. The summed E-state index contributed by atoms with van der Waals surface area (Å²) < 4.78 is 17.6. The Labute approximate surface area is 90.4 Å². The molecule has 2 fully saturated rings. The van der Waals surface area contributed by atoms with E-state index in [1.54, 1.807) is 0 Å². The Morgan fingerprint density at radius 3 is 2.87 bits per heavy atom. The molecule has 3 nitrogen and oxygen atoms in total. The minimum absolute atomic E-state index is 0.188. The molecule has 84 valence electrons. The van der Waals surface area contributed by atoms with Gasteiger partial charge in [0.15, 0.2) is 5.79 Å². The van der Waals surface area contributed by atoms with Crippen LogP contribution in [0.4, 0.5) is 0 Å². The van der Waals surface area contributed by atoms with Crippen LogP contribution in [-0.2, 0) is 14.2 Å². The van der Waals surface area contributed by atoms with Gasteiger partial charge in [-0.3, -0.25) is 0 Å². The summed E-state index contributed by atoms with van der Waals surface area (Å²) in [6.07, 6.45) is 7.59. The Morgan fingerprint density at radius 2 is 2.20 bits per heavy atom. The van der Waals surface area contributed by atoms with Gasteiger partial charge in [-0.1, -0.05) is 12.2 Å². The maximum absolute atomic E-state index is 6.01. The van der Waals surface area contributed by atoms with Crippen molar-refractivity contribution >= 4 is 0 Å². The highest BCUT2D eigenvalue weighted by atomic mass is 16.8. The molecule has 1 saturated carbocycles.